The second-order valence-electron chi connectivity index (χ2n) is 6.28. The van der Waals surface area contributed by atoms with Gasteiger partial charge in [0.25, 0.3) is 0 Å². The lowest BCUT2D eigenvalue weighted by Crippen LogP contribution is -2.31. The number of hydrogen-bond donors (Lipinski definition) is 3. The first-order chi connectivity index (χ1) is 12.0. The molecule has 4 N–H and O–H groups in total. The number of aliphatic hydroxyl groups is 1. The summed E-state index contributed by atoms with van der Waals surface area (Å²) in [6, 6.07) is 16.3. The Morgan fingerprint density at radius 3 is 2.27 bits per heavy atom. The van der Waals surface area contributed by atoms with Crippen LogP contribution < -0.4 is 15.8 Å². The van der Waals surface area contributed by atoms with E-state index in [4.69, 9.17) is 10.5 Å². The Bertz CT molecular complexity index is 663. The van der Waals surface area contributed by atoms with Gasteiger partial charge in [-0.15, -0.1) is 12.4 Å². The first-order valence-electron chi connectivity index (χ1n) is 8.47. The number of hydrogen-bond acceptors (Lipinski definition) is 4. The van der Waals surface area contributed by atoms with Gasteiger partial charge in [-0.1, -0.05) is 42.5 Å². The molecule has 0 saturated heterocycles. The third kappa shape index (κ3) is 7.04. The largest absolute Gasteiger partial charge is 0.491 e. The molecule has 2 unspecified atom stereocenters. The van der Waals surface area contributed by atoms with Crippen LogP contribution in [-0.2, 0) is 4.79 Å². The zero-order valence-electron chi connectivity index (χ0n) is 15.1. The zero-order chi connectivity index (χ0) is 18.2. The molecule has 0 aliphatic heterocycles. The van der Waals surface area contributed by atoms with Crippen molar-refractivity contribution in [1.82, 2.24) is 5.32 Å². The molecule has 142 valence electrons. The molecular formula is C20H27ClN2O3. The number of nitrogens with one attached hydrogen (secondary N) is 1. The maximum atomic E-state index is 12.0. The monoisotopic (exact) mass is 378 g/mol. The molecule has 2 aromatic carbocycles. The molecule has 1 amide bonds. The first kappa shape index (κ1) is 22.0. The highest BCUT2D eigenvalue weighted by Gasteiger charge is 2.14. The summed E-state index contributed by atoms with van der Waals surface area (Å²) in [4.78, 5) is 12.0. The average Bonchev–Trinajstić information content (AvgIpc) is 2.60. The number of ether oxygens (including phenoxy) is 1. The standard InChI is InChI=1S/C20H26N2O3.ClH/c1-14(2)25-17-10-8-16(9-11-17)19(23)13-22-20(24)12-18(21)15-6-4-3-5-7-15;/h3-11,14,18-19,23H,12-13,21H2,1-2H3,(H,22,24);1H. The van der Waals surface area contributed by atoms with Gasteiger partial charge < -0.3 is 20.9 Å². The van der Waals surface area contributed by atoms with Crippen molar-refractivity contribution >= 4 is 18.3 Å². The molecule has 26 heavy (non-hydrogen) atoms. The van der Waals surface area contributed by atoms with Gasteiger partial charge in [0.15, 0.2) is 0 Å². The van der Waals surface area contributed by atoms with Gasteiger partial charge in [-0.2, -0.15) is 0 Å². The predicted molar refractivity (Wildman–Crippen MR) is 105 cm³/mol. The van der Waals surface area contributed by atoms with Crippen LogP contribution in [0.15, 0.2) is 54.6 Å². The maximum absolute atomic E-state index is 12.0. The highest BCUT2D eigenvalue weighted by atomic mass is 35.5. The third-order valence-corrected chi connectivity index (χ3v) is 3.76. The fraction of sp³-hybridized carbons (Fsp3) is 0.350. The molecule has 0 heterocycles. The summed E-state index contributed by atoms with van der Waals surface area (Å²) in [5, 5.41) is 12.9. The van der Waals surface area contributed by atoms with Crippen molar-refractivity contribution in [2.75, 3.05) is 6.54 Å². The van der Waals surface area contributed by atoms with Gasteiger partial charge >= 0.3 is 0 Å². The molecule has 5 nitrogen and oxygen atoms in total. The Labute approximate surface area is 161 Å². The molecule has 2 rings (SSSR count). The van der Waals surface area contributed by atoms with E-state index in [1.807, 2.05) is 56.3 Å². The molecule has 2 aromatic rings. The van der Waals surface area contributed by atoms with E-state index < -0.39 is 6.10 Å². The van der Waals surface area contributed by atoms with Crippen LogP contribution in [0.4, 0.5) is 0 Å². The minimum atomic E-state index is -0.773. The van der Waals surface area contributed by atoms with Gasteiger partial charge in [-0.25, -0.2) is 0 Å². The Hall–Kier alpha value is -2.08. The van der Waals surface area contributed by atoms with Crippen molar-refractivity contribution in [2.45, 2.75) is 38.5 Å². The molecule has 6 heteroatoms. The van der Waals surface area contributed by atoms with Crippen molar-refractivity contribution in [3.05, 3.63) is 65.7 Å². The number of carbonyl (C=O) groups excluding carboxylic acids is 1. The minimum Gasteiger partial charge on any atom is -0.491 e. The number of benzene rings is 2. The van der Waals surface area contributed by atoms with E-state index in [0.29, 0.717) is 0 Å². The van der Waals surface area contributed by atoms with E-state index in [9.17, 15) is 9.90 Å². The van der Waals surface area contributed by atoms with Gasteiger partial charge in [0.1, 0.15) is 5.75 Å². The zero-order valence-corrected chi connectivity index (χ0v) is 15.9. The van der Waals surface area contributed by atoms with Crippen molar-refractivity contribution in [2.24, 2.45) is 5.73 Å². The van der Waals surface area contributed by atoms with E-state index in [1.165, 1.54) is 0 Å². The molecule has 0 aliphatic rings. The van der Waals surface area contributed by atoms with Crippen molar-refractivity contribution in [3.63, 3.8) is 0 Å². The summed E-state index contributed by atoms with van der Waals surface area (Å²) in [5.41, 5.74) is 7.67. The van der Waals surface area contributed by atoms with Gasteiger partial charge in [0.05, 0.1) is 12.2 Å². The molecule has 0 bridgehead atoms. The summed E-state index contributed by atoms with van der Waals surface area (Å²) in [6.07, 6.45) is -0.494. The highest BCUT2D eigenvalue weighted by Crippen LogP contribution is 2.19. The maximum Gasteiger partial charge on any atom is 0.222 e. The second-order valence-corrected chi connectivity index (χ2v) is 6.28. The van der Waals surface area contributed by atoms with Gasteiger partial charge in [0.2, 0.25) is 5.91 Å². The molecule has 0 saturated carbocycles. The van der Waals surface area contributed by atoms with Gasteiger partial charge in [-0.05, 0) is 37.1 Å². The number of aliphatic hydroxyl groups excluding tert-OH is 1. The normalized spacial score (nSPS) is 12.8. The SMILES string of the molecule is CC(C)Oc1ccc(C(O)CNC(=O)CC(N)c2ccccc2)cc1.Cl. The molecule has 0 aromatic heterocycles. The third-order valence-electron chi connectivity index (χ3n) is 3.76. The van der Waals surface area contributed by atoms with Crippen LogP contribution in [-0.4, -0.2) is 23.7 Å². The van der Waals surface area contributed by atoms with Crippen LogP contribution in [0.5, 0.6) is 5.75 Å². The Morgan fingerprint density at radius 1 is 1.08 bits per heavy atom. The number of amides is 1. The van der Waals surface area contributed by atoms with E-state index in [0.717, 1.165) is 16.9 Å². The molecule has 0 spiro atoms. The molecule has 0 fully saturated rings. The topological polar surface area (TPSA) is 84.6 Å². The molecule has 0 radical (unpaired) electrons. The second kappa shape index (κ2) is 10.8. The van der Waals surface area contributed by atoms with Gasteiger partial charge in [0, 0.05) is 19.0 Å². The summed E-state index contributed by atoms with van der Waals surface area (Å²) < 4.78 is 5.57. The first-order valence-corrected chi connectivity index (χ1v) is 8.47. The molecule has 0 aliphatic carbocycles. The van der Waals surface area contributed by atoms with Crippen molar-refractivity contribution < 1.29 is 14.6 Å². The van der Waals surface area contributed by atoms with E-state index in [2.05, 4.69) is 5.32 Å². The number of carbonyl (C=O) groups is 1. The summed E-state index contributed by atoms with van der Waals surface area (Å²) >= 11 is 0. The van der Waals surface area contributed by atoms with Crippen LogP contribution in [0.1, 0.15) is 43.5 Å². The van der Waals surface area contributed by atoms with E-state index in [-0.39, 0.29) is 43.4 Å². The quantitative estimate of drug-likeness (QED) is 0.658. The van der Waals surface area contributed by atoms with Crippen LogP contribution in [0.25, 0.3) is 0 Å². The molecule has 2 atom stereocenters. The lowest BCUT2D eigenvalue weighted by Gasteiger charge is -2.16. The average molecular weight is 379 g/mol. The number of nitrogens with two attached hydrogens (primary N) is 1. The smallest absolute Gasteiger partial charge is 0.222 e. The Morgan fingerprint density at radius 2 is 1.69 bits per heavy atom. The van der Waals surface area contributed by atoms with Crippen molar-refractivity contribution in [1.29, 1.82) is 0 Å². The van der Waals surface area contributed by atoms with E-state index in [1.54, 1.807) is 12.1 Å². The van der Waals surface area contributed by atoms with Gasteiger partial charge in [-0.3, -0.25) is 4.79 Å². The predicted octanol–water partition coefficient (Wildman–Crippen LogP) is 3.14. The lowest BCUT2D eigenvalue weighted by molar-refractivity contribution is -0.121. The fourth-order valence-corrected chi connectivity index (χ4v) is 2.46. The van der Waals surface area contributed by atoms with Crippen LogP contribution >= 0.6 is 12.4 Å². The van der Waals surface area contributed by atoms with Crippen LogP contribution in [0.3, 0.4) is 0 Å². The number of halogens is 1. The lowest BCUT2D eigenvalue weighted by atomic mass is 10.0. The van der Waals surface area contributed by atoms with Crippen LogP contribution in [0, 0.1) is 0 Å². The molecular weight excluding hydrogens is 352 g/mol. The Balaban J connectivity index is 0.00000338. The highest BCUT2D eigenvalue weighted by molar-refractivity contribution is 5.85. The Kier molecular flexibility index (Phi) is 9.13. The van der Waals surface area contributed by atoms with E-state index >= 15 is 0 Å². The van der Waals surface area contributed by atoms with Crippen molar-refractivity contribution in [3.8, 4) is 5.75 Å². The number of rotatable bonds is 8. The summed E-state index contributed by atoms with van der Waals surface area (Å²) in [5.74, 6) is 0.569. The van der Waals surface area contributed by atoms with Crippen LogP contribution in [0.2, 0.25) is 0 Å². The summed E-state index contributed by atoms with van der Waals surface area (Å²) in [6.45, 7) is 4.06. The fourth-order valence-electron chi connectivity index (χ4n) is 2.46. The minimum absolute atomic E-state index is 0. The summed E-state index contributed by atoms with van der Waals surface area (Å²) in [7, 11) is 0.